The highest BCUT2D eigenvalue weighted by Crippen LogP contribution is 2.22. The van der Waals surface area contributed by atoms with Gasteiger partial charge in [0.25, 0.3) is 5.91 Å². The lowest BCUT2D eigenvalue weighted by Crippen LogP contribution is -2.32. The van der Waals surface area contributed by atoms with Gasteiger partial charge in [-0.25, -0.2) is 4.39 Å². The van der Waals surface area contributed by atoms with Crippen LogP contribution in [-0.2, 0) is 11.3 Å². The van der Waals surface area contributed by atoms with Crippen molar-refractivity contribution >= 4 is 29.3 Å². The van der Waals surface area contributed by atoms with Gasteiger partial charge in [0.2, 0.25) is 5.91 Å². The first-order chi connectivity index (χ1) is 15.9. The Bertz CT molecular complexity index is 1090. The van der Waals surface area contributed by atoms with Crippen molar-refractivity contribution in [3.63, 3.8) is 0 Å². The van der Waals surface area contributed by atoms with Crippen LogP contribution in [0.15, 0.2) is 53.7 Å². The molecule has 11 heteroatoms. The number of ether oxygens (including phenoxy) is 1. The van der Waals surface area contributed by atoms with Gasteiger partial charge in [-0.3, -0.25) is 9.59 Å². The van der Waals surface area contributed by atoms with Crippen molar-refractivity contribution in [3.8, 4) is 5.75 Å². The number of hydrogen-bond acceptors (Lipinski definition) is 7. The van der Waals surface area contributed by atoms with Crippen molar-refractivity contribution in [3.05, 3.63) is 65.7 Å². The number of carbonyl (C=O) groups excluding carboxylic acids is 2. The number of rotatable bonds is 10. The molecule has 174 valence electrons. The highest BCUT2D eigenvalue weighted by Gasteiger charge is 2.23. The van der Waals surface area contributed by atoms with E-state index in [1.54, 1.807) is 28.8 Å². The van der Waals surface area contributed by atoms with Crippen molar-refractivity contribution in [1.29, 1.82) is 0 Å². The fraction of sp³-hybridized carbons (Fsp3) is 0.273. The first-order valence-electron chi connectivity index (χ1n) is 10.1. The Morgan fingerprint density at radius 1 is 1.15 bits per heavy atom. The summed E-state index contributed by atoms with van der Waals surface area (Å²) < 4.78 is 19.8. The first-order valence-corrected chi connectivity index (χ1v) is 11.1. The number of carbonyl (C=O) groups is 2. The van der Waals surface area contributed by atoms with Crippen molar-refractivity contribution in [1.82, 2.24) is 20.1 Å². The molecule has 2 aromatic carbocycles. The summed E-state index contributed by atoms with van der Waals surface area (Å²) in [6, 6.07) is 11.3. The lowest BCUT2D eigenvalue weighted by atomic mass is 10.2. The lowest BCUT2D eigenvalue weighted by Gasteiger charge is -2.17. The van der Waals surface area contributed by atoms with E-state index in [1.165, 1.54) is 43.1 Å². The fourth-order valence-corrected chi connectivity index (χ4v) is 3.81. The number of aliphatic hydroxyl groups excluding tert-OH is 1. The SMILES string of the molecule is CCn1c(SCC(=O)Nc2ccc(F)cc2)nnc1[C@H](CO)NC(=O)c1ccc(OC)cc1. The molecular weight excluding hydrogens is 449 g/mol. The molecule has 3 rings (SSSR count). The number of hydrogen-bond donors (Lipinski definition) is 3. The highest BCUT2D eigenvalue weighted by molar-refractivity contribution is 7.99. The van der Waals surface area contributed by atoms with Gasteiger partial charge in [0, 0.05) is 17.8 Å². The molecule has 0 unspecified atom stereocenters. The Morgan fingerprint density at radius 3 is 2.45 bits per heavy atom. The summed E-state index contributed by atoms with van der Waals surface area (Å²) >= 11 is 1.17. The maximum atomic E-state index is 13.0. The van der Waals surface area contributed by atoms with E-state index < -0.39 is 6.04 Å². The molecule has 0 spiro atoms. The Morgan fingerprint density at radius 2 is 1.85 bits per heavy atom. The van der Waals surface area contributed by atoms with Gasteiger partial charge in [0.1, 0.15) is 17.6 Å². The normalized spacial score (nSPS) is 11.6. The fourth-order valence-electron chi connectivity index (χ4n) is 3.00. The average molecular weight is 474 g/mol. The molecular formula is C22H24FN5O4S. The molecule has 1 heterocycles. The van der Waals surface area contributed by atoms with Crippen LogP contribution in [0.1, 0.15) is 29.1 Å². The zero-order valence-corrected chi connectivity index (χ0v) is 18.9. The molecule has 0 aliphatic heterocycles. The minimum absolute atomic E-state index is 0.0531. The van der Waals surface area contributed by atoms with Crippen molar-refractivity contribution in [2.75, 3.05) is 24.8 Å². The topological polar surface area (TPSA) is 118 Å². The van der Waals surface area contributed by atoms with Crippen LogP contribution < -0.4 is 15.4 Å². The first kappa shape index (κ1) is 24.2. The van der Waals surface area contributed by atoms with E-state index in [1.807, 2.05) is 6.92 Å². The summed E-state index contributed by atoms with van der Waals surface area (Å²) in [5, 5.41) is 24.0. The van der Waals surface area contributed by atoms with Crippen molar-refractivity contribution in [2.24, 2.45) is 0 Å². The summed E-state index contributed by atoms with van der Waals surface area (Å²) in [7, 11) is 1.54. The third kappa shape index (κ3) is 6.30. The maximum Gasteiger partial charge on any atom is 0.251 e. The maximum absolute atomic E-state index is 13.0. The van der Waals surface area contributed by atoms with Crippen LogP contribution in [0.4, 0.5) is 10.1 Å². The number of amides is 2. The number of benzene rings is 2. The number of halogens is 1. The molecule has 1 atom stereocenters. The Labute approximate surface area is 194 Å². The molecule has 0 fully saturated rings. The molecule has 3 aromatic rings. The number of anilines is 1. The highest BCUT2D eigenvalue weighted by atomic mass is 32.2. The summed E-state index contributed by atoms with van der Waals surface area (Å²) in [5.74, 6) is 0.00536. The van der Waals surface area contributed by atoms with Gasteiger partial charge in [0.15, 0.2) is 11.0 Å². The number of aliphatic hydroxyl groups is 1. The van der Waals surface area contributed by atoms with Crippen LogP contribution in [0, 0.1) is 5.82 Å². The van der Waals surface area contributed by atoms with E-state index in [9.17, 15) is 19.1 Å². The van der Waals surface area contributed by atoms with Crippen LogP contribution >= 0.6 is 11.8 Å². The summed E-state index contributed by atoms with van der Waals surface area (Å²) in [6.45, 7) is 1.96. The largest absolute Gasteiger partial charge is 0.497 e. The van der Waals surface area contributed by atoms with E-state index in [4.69, 9.17) is 4.74 Å². The van der Waals surface area contributed by atoms with Crippen LogP contribution in [0.5, 0.6) is 5.75 Å². The molecule has 0 saturated carbocycles. The number of methoxy groups -OCH3 is 1. The molecule has 2 amide bonds. The van der Waals surface area contributed by atoms with Gasteiger partial charge in [0.05, 0.1) is 19.5 Å². The smallest absolute Gasteiger partial charge is 0.251 e. The Balaban J connectivity index is 1.65. The molecule has 0 aliphatic rings. The molecule has 0 saturated heterocycles. The Hall–Kier alpha value is -3.44. The zero-order chi connectivity index (χ0) is 23.8. The second kappa shape index (κ2) is 11.4. The van der Waals surface area contributed by atoms with Crippen LogP contribution in [0.3, 0.4) is 0 Å². The van der Waals surface area contributed by atoms with Gasteiger partial charge in [-0.15, -0.1) is 10.2 Å². The van der Waals surface area contributed by atoms with Gasteiger partial charge < -0.3 is 25.0 Å². The van der Waals surface area contributed by atoms with Crippen LogP contribution in [-0.4, -0.2) is 51.2 Å². The van der Waals surface area contributed by atoms with Crippen molar-refractivity contribution in [2.45, 2.75) is 24.7 Å². The Kier molecular flexibility index (Phi) is 8.39. The number of thioether (sulfide) groups is 1. The van der Waals surface area contributed by atoms with Gasteiger partial charge in [-0.1, -0.05) is 11.8 Å². The predicted molar refractivity (Wildman–Crippen MR) is 122 cm³/mol. The molecule has 0 bridgehead atoms. The van der Waals surface area contributed by atoms with E-state index in [2.05, 4.69) is 20.8 Å². The van der Waals surface area contributed by atoms with E-state index in [0.717, 1.165) is 0 Å². The number of aromatic nitrogens is 3. The molecule has 0 radical (unpaired) electrons. The lowest BCUT2D eigenvalue weighted by molar-refractivity contribution is -0.113. The number of nitrogens with zero attached hydrogens (tertiary/aromatic N) is 3. The molecule has 3 N–H and O–H groups in total. The predicted octanol–water partition coefficient (Wildman–Crippen LogP) is 2.64. The van der Waals surface area contributed by atoms with Gasteiger partial charge in [-0.2, -0.15) is 0 Å². The van der Waals surface area contributed by atoms with E-state index >= 15 is 0 Å². The molecule has 0 aliphatic carbocycles. The molecule has 9 nitrogen and oxygen atoms in total. The van der Waals surface area contributed by atoms with Crippen molar-refractivity contribution < 1.29 is 23.8 Å². The average Bonchev–Trinajstić information content (AvgIpc) is 3.25. The zero-order valence-electron chi connectivity index (χ0n) is 18.1. The van der Waals surface area contributed by atoms with Crippen LogP contribution in [0.25, 0.3) is 0 Å². The minimum atomic E-state index is -0.783. The molecule has 33 heavy (non-hydrogen) atoms. The summed E-state index contributed by atoms with van der Waals surface area (Å²) in [6.07, 6.45) is 0. The number of nitrogens with one attached hydrogen (secondary N) is 2. The van der Waals surface area contributed by atoms with Gasteiger partial charge in [-0.05, 0) is 55.5 Å². The third-order valence-electron chi connectivity index (χ3n) is 4.67. The van der Waals surface area contributed by atoms with E-state index in [-0.39, 0.29) is 30.0 Å². The van der Waals surface area contributed by atoms with Crippen LogP contribution in [0.2, 0.25) is 0 Å². The minimum Gasteiger partial charge on any atom is -0.497 e. The monoisotopic (exact) mass is 473 g/mol. The van der Waals surface area contributed by atoms with Gasteiger partial charge >= 0.3 is 0 Å². The summed E-state index contributed by atoms with van der Waals surface area (Å²) in [5.41, 5.74) is 0.894. The second-order valence-electron chi connectivity index (χ2n) is 6.87. The molecule has 1 aromatic heterocycles. The van der Waals surface area contributed by atoms with E-state index in [0.29, 0.717) is 34.5 Å². The second-order valence-corrected chi connectivity index (χ2v) is 7.81. The summed E-state index contributed by atoms with van der Waals surface area (Å²) in [4.78, 5) is 24.8. The quantitative estimate of drug-likeness (QED) is 0.388. The standard InChI is InChI=1S/C22H24FN5O4S/c1-3-28-20(18(12-29)25-21(31)14-4-10-17(32-2)11-5-14)26-27-22(28)33-13-19(30)24-16-8-6-15(23)7-9-16/h4-11,18,29H,3,12-13H2,1-2H3,(H,24,30)(H,25,31)/t18-/m0/s1. The third-order valence-corrected chi connectivity index (χ3v) is 5.64.